The van der Waals surface area contributed by atoms with Crippen molar-refractivity contribution in [2.75, 3.05) is 0 Å². The minimum atomic E-state index is -3.78. The third-order valence-electron chi connectivity index (χ3n) is 2.52. The fourth-order valence-electron chi connectivity index (χ4n) is 1.47. The number of nitrogens with zero attached hydrogens (tertiary/aromatic N) is 1. The molecule has 0 saturated carbocycles. The molecule has 0 radical (unpaired) electrons. The van der Waals surface area contributed by atoms with E-state index in [4.69, 9.17) is 5.11 Å². The van der Waals surface area contributed by atoms with Gasteiger partial charge < -0.3 is 5.11 Å². The maximum Gasteiger partial charge on any atom is 0.345 e. The summed E-state index contributed by atoms with van der Waals surface area (Å²) in [4.78, 5) is 16.0. The Hall–Kier alpha value is -0.810. The molecule has 0 amide bonds. The Morgan fingerprint density at radius 2 is 2.19 bits per heavy atom. The van der Waals surface area contributed by atoms with Crippen LogP contribution < -0.4 is 4.72 Å². The third-order valence-corrected chi connectivity index (χ3v) is 7.30. The minimum absolute atomic E-state index is 0.0373. The van der Waals surface area contributed by atoms with Crippen LogP contribution >= 0.6 is 38.6 Å². The van der Waals surface area contributed by atoms with Crippen LogP contribution in [0.1, 0.15) is 26.5 Å². The molecule has 2 rings (SSSR count). The third kappa shape index (κ3) is 3.89. The summed E-state index contributed by atoms with van der Waals surface area (Å²) in [5.41, 5.74) is 0. The molecule has 2 heterocycles. The van der Waals surface area contributed by atoms with Crippen molar-refractivity contribution in [2.24, 2.45) is 0 Å². The van der Waals surface area contributed by atoms with Crippen LogP contribution in [0.4, 0.5) is 0 Å². The lowest BCUT2D eigenvalue weighted by atomic mass is 10.4. The average Bonchev–Trinajstić information content (AvgIpc) is 3.03. The van der Waals surface area contributed by atoms with Gasteiger partial charge in [-0.05, 0) is 28.4 Å². The molecule has 10 heteroatoms. The summed E-state index contributed by atoms with van der Waals surface area (Å²) in [6, 6.07) is 1.14. The van der Waals surface area contributed by atoms with Gasteiger partial charge >= 0.3 is 5.97 Å². The first-order chi connectivity index (χ1) is 9.83. The molecule has 0 aliphatic rings. The van der Waals surface area contributed by atoms with E-state index in [1.165, 1.54) is 11.3 Å². The fraction of sp³-hybridized carbons (Fsp3) is 0.273. The Balaban J connectivity index is 2.16. The van der Waals surface area contributed by atoms with Crippen LogP contribution in [-0.2, 0) is 23.0 Å². The van der Waals surface area contributed by atoms with E-state index in [9.17, 15) is 13.2 Å². The van der Waals surface area contributed by atoms with E-state index in [1.54, 1.807) is 6.20 Å². The maximum atomic E-state index is 12.2. The number of thiophene rings is 1. The number of hydrogen-bond donors (Lipinski definition) is 2. The number of hydrogen-bond acceptors (Lipinski definition) is 6. The van der Waals surface area contributed by atoms with Gasteiger partial charge in [-0.3, -0.25) is 0 Å². The average molecular weight is 411 g/mol. The normalized spacial score (nSPS) is 11.7. The number of sulfonamides is 1. The van der Waals surface area contributed by atoms with E-state index in [0.29, 0.717) is 5.01 Å². The molecular formula is C11H11BrN2O4S3. The molecule has 0 bridgehead atoms. The van der Waals surface area contributed by atoms with Crippen molar-refractivity contribution >= 4 is 54.6 Å². The monoisotopic (exact) mass is 410 g/mol. The number of aromatic nitrogens is 1. The molecule has 2 aromatic heterocycles. The van der Waals surface area contributed by atoms with Gasteiger partial charge in [-0.15, -0.1) is 22.7 Å². The Labute approximate surface area is 138 Å². The standard InChI is InChI=1S/C11H11BrN2O4S3/c1-2-6-4-13-9(19-6)5-14-21(17,18)8-3-7(11(15)16)20-10(8)12/h3-4,14H,2,5H2,1H3,(H,15,16). The molecule has 21 heavy (non-hydrogen) atoms. The number of thiazole rings is 1. The highest BCUT2D eigenvalue weighted by atomic mass is 79.9. The Morgan fingerprint density at radius 3 is 2.71 bits per heavy atom. The zero-order valence-corrected chi connectivity index (χ0v) is 14.8. The first-order valence-electron chi connectivity index (χ1n) is 5.79. The van der Waals surface area contributed by atoms with Crippen LogP contribution in [0, 0.1) is 0 Å². The first kappa shape index (κ1) is 16.6. The molecule has 0 spiro atoms. The van der Waals surface area contributed by atoms with Gasteiger partial charge in [0.15, 0.2) is 0 Å². The lowest BCUT2D eigenvalue weighted by Gasteiger charge is -2.03. The van der Waals surface area contributed by atoms with E-state index in [2.05, 4.69) is 25.6 Å². The number of aryl methyl sites for hydroxylation is 1. The summed E-state index contributed by atoms with van der Waals surface area (Å²) in [6.07, 6.45) is 2.57. The number of carboxylic acids is 1. The molecule has 2 aromatic rings. The van der Waals surface area contributed by atoms with Gasteiger partial charge in [0.05, 0.1) is 10.3 Å². The van der Waals surface area contributed by atoms with Gasteiger partial charge in [0.25, 0.3) is 0 Å². The molecule has 2 N–H and O–H groups in total. The predicted molar refractivity (Wildman–Crippen MR) is 84.5 cm³/mol. The quantitative estimate of drug-likeness (QED) is 0.762. The highest BCUT2D eigenvalue weighted by Crippen LogP contribution is 2.31. The number of aromatic carboxylic acids is 1. The van der Waals surface area contributed by atoms with Gasteiger partial charge in [-0.2, -0.15) is 0 Å². The van der Waals surface area contributed by atoms with Crippen molar-refractivity contribution < 1.29 is 18.3 Å². The van der Waals surface area contributed by atoms with E-state index < -0.39 is 16.0 Å². The number of carboxylic acid groups (broad SMARTS) is 1. The zero-order valence-electron chi connectivity index (χ0n) is 10.8. The number of carbonyl (C=O) groups is 1. The smallest absolute Gasteiger partial charge is 0.345 e. The van der Waals surface area contributed by atoms with Crippen molar-refractivity contribution in [3.63, 3.8) is 0 Å². The second-order valence-electron chi connectivity index (χ2n) is 3.95. The minimum Gasteiger partial charge on any atom is -0.477 e. The van der Waals surface area contributed by atoms with Crippen molar-refractivity contribution in [2.45, 2.75) is 24.8 Å². The summed E-state index contributed by atoms with van der Waals surface area (Å²) in [7, 11) is -3.78. The molecule has 0 atom stereocenters. The summed E-state index contributed by atoms with van der Waals surface area (Å²) in [6.45, 7) is 2.08. The summed E-state index contributed by atoms with van der Waals surface area (Å²) in [5, 5.41) is 9.56. The van der Waals surface area contributed by atoms with Crippen LogP contribution in [0.15, 0.2) is 20.9 Å². The van der Waals surface area contributed by atoms with Crippen LogP contribution in [0.25, 0.3) is 0 Å². The number of rotatable bonds is 6. The molecular weight excluding hydrogens is 400 g/mol. The maximum absolute atomic E-state index is 12.2. The van der Waals surface area contributed by atoms with E-state index in [1.807, 2.05) is 6.92 Å². The van der Waals surface area contributed by atoms with Gasteiger partial charge in [-0.1, -0.05) is 6.92 Å². The molecule has 0 unspecified atom stereocenters. The lowest BCUT2D eigenvalue weighted by molar-refractivity contribution is 0.0702. The molecule has 0 fully saturated rings. The van der Waals surface area contributed by atoms with Crippen molar-refractivity contribution in [1.82, 2.24) is 9.71 Å². The Morgan fingerprint density at radius 1 is 1.48 bits per heavy atom. The largest absolute Gasteiger partial charge is 0.477 e. The van der Waals surface area contributed by atoms with Crippen LogP contribution in [0.5, 0.6) is 0 Å². The van der Waals surface area contributed by atoms with Crippen molar-refractivity contribution in [3.05, 3.63) is 30.8 Å². The number of halogens is 1. The Kier molecular flexibility index (Phi) is 5.15. The van der Waals surface area contributed by atoms with E-state index >= 15 is 0 Å². The van der Waals surface area contributed by atoms with Gasteiger partial charge in [0, 0.05) is 11.1 Å². The van der Waals surface area contributed by atoms with E-state index in [-0.39, 0.29) is 20.1 Å². The molecule has 0 aliphatic carbocycles. The molecule has 114 valence electrons. The van der Waals surface area contributed by atoms with Gasteiger partial charge in [0.2, 0.25) is 10.0 Å². The summed E-state index contributed by atoms with van der Waals surface area (Å²) in [5.74, 6) is -1.16. The molecule has 0 aliphatic heterocycles. The van der Waals surface area contributed by atoms with Crippen molar-refractivity contribution in [1.29, 1.82) is 0 Å². The SMILES string of the molecule is CCc1cnc(CNS(=O)(=O)c2cc(C(=O)O)sc2Br)s1. The Bertz CT molecular complexity index is 766. The van der Waals surface area contributed by atoms with Gasteiger partial charge in [-0.25, -0.2) is 22.9 Å². The van der Waals surface area contributed by atoms with Crippen molar-refractivity contribution in [3.8, 4) is 0 Å². The summed E-state index contributed by atoms with van der Waals surface area (Å²) < 4.78 is 27.1. The van der Waals surface area contributed by atoms with Crippen LogP contribution in [0.2, 0.25) is 0 Å². The summed E-state index contributed by atoms with van der Waals surface area (Å²) >= 11 is 5.39. The topological polar surface area (TPSA) is 96.4 Å². The predicted octanol–water partition coefficient (Wildman–Crippen LogP) is 2.71. The zero-order chi connectivity index (χ0) is 15.6. The second kappa shape index (κ2) is 6.53. The number of nitrogens with one attached hydrogen (secondary N) is 1. The van der Waals surface area contributed by atoms with Gasteiger partial charge in [0.1, 0.15) is 14.8 Å². The lowest BCUT2D eigenvalue weighted by Crippen LogP contribution is -2.23. The molecule has 0 saturated heterocycles. The highest BCUT2D eigenvalue weighted by Gasteiger charge is 2.23. The van der Waals surface area contributed by atoms with E-state index in [0.717, 1.165) is 28.7 Å². The molecule has 6 nitrogen and oxygen atoms in total. The fourth-order valence-corrected chi connectivity index (χ4v) is 5.75. The second-order valence-corrected chi connectivity index (χ2v) is 9.26. The molecule has 0 aromatic carbocycles. The first-order valence-corrected chi connectivity index (χ1v) is 9.70. The highest BCUT2D eigenvalue weighted by molar-refractivity contribution is 9.11. The van der Waals surface area contributed by atoms with Crippen LogP contribution in [-0.4, -0.2) is 24.5 Å². The van der Waals surface area contributed by atoms with Crippen LogP contribution in [0.3, 0.4) is 0 Å².